The van der Waals surface area contributed by atoms with Gasteiger partial charge in [0.25, 0.3) is 5.56 Å². The molecule has 0 spiro atoms. The molecule has 2 heterocycles. The molecule has 8 nitrogen and oxygen atoms in total. The number of hydrogen-bond acceptors (Lipinski definition) is 5. The zero-order chi connectivity index (χ0) is 18.0. The zero-order valence-corrected chi connectivity index (χ0v) is 14.4. The Bertz CT molecular complexity index is 975. The van der Waals surface area contributed by atoms with E-state index in [0.717, 1.165) is 5.39 Å². The van der Waals surface area contributed by atoms with Crippen LogP contribution >= 0.6 is 0 Å². The maximum atomic E-state index is 12.5. The third kappa shape index (κ3) is 3.28. The summed E-state index contributed by atoms with van der Waals surface area (Å²) in [7, 11) is 0. The van der Waals surface area contributed by atoms with Crippen LogP contribution in [-0.4, -0.2) is 30.5 Å². The fourth-order valence-corrected chi connectivity index (χ4v) is 2.85. The van der Waals surface area contributed by atoms with E-state index >= 15 is 0 Å². The van der Waals surface area contributed by atoms with Gasteiger partial charge in [0.05, 0.1) is 17.1 Å². The molecule has 8 heteroatoms. The standard InChI is InChI=1S/C17H20N6O2/c1-4-22-16(18-10-19-22)12(3)20-15(24)9-23-17(25)14-8-6-5-7-13(14)11(2)21-23/h5-8,10,12H,4,9H2,1-3H3,(H,20,24)/t12-/m0/s1. The molecule has 1 amide bonds. The topological polar surface area (TPSA) is 94.7 Å². The minimum atomic E-state index is -0.313. The van der Waals surface area contributed by atoms with Crippen LogP contribution in [0.5, 0.6) is 0 Å². The van der Waals surface area contributed by atoms with Crippen molar-refractivity contribution < 1.29 is 4.79 Å². The van der Waals surface area contributed by atoms with Crippen molar-refractivity contribution in [2.24, 2.45) is 0 Å². The van der Waals surface area contributed by atoms with Crippen LogP contribution in [0, 0.1) is 6.92 Å². The Morgan fingerprint density at radius 3 is 2.68 bits per heavy atom. The van der Waals surface area contributed by atoms with Crippen LogP contribution in [0.25, 0.3) is 10.8 Å². The van der Waals surface area contributed by atoms with Crippen LogP contribution in [0.15, 0.2) is 35.4 Å². The van der Waals surface area contributed by atoms with Crippen molar-refractivity contribution >= 4 is 16.7 Å². The molecule has 0 saturated heterocycles. The lowest BCUT2D eigenvalue weighted by atomic mass is 10.1. The van der Waals surface area contributed by atoms with E-state index in [0.29, 0.717) is 23.4 Å². The van der Waals surface area contributed by atoms with Gasteiger partial charge in [-0.2, -0.15) is 10.2 Å². The second kappa shape index (κ2) is 6.84. The highest BCUT2D eigenvalue weighted by molar-refractivity contribution is 5.83. The van der Waals surface area contributed by atoms with Gasteiger partial charge in [0.15, 0.2) is 0 Å². The quantitative estimate of drug-likeness (QED) is 0.753. The summed E-state index contributed by atoms with van der Waals surface area (Å²) in [4.78, 5) is 29.0. The van der Waals surface area contributed by atoms with E-state index in [4.69, 9.17) is 0 Å². The second-order valence-electron chi connectivity index (χ2n) is 5.82. The Kier molecular flexibility index (Phi) is 4.60. The van der Waals surface area contributed by atoms with Crippen LogP contribution < -0.4 is 10.9 Å². The van der Waals surface area contributed by atoms with Gasteiger partial charge in [-0.3, -0.25) is 9.59 Å². The highest BCUT2D eigenvalue weighted by Gasteiger charge is 2.16. The van der Waals surface area contributed by atoms with Crippen LogP contribution in [0.2, 0.25) is 0 Å². The van der Waals surface area contributed by atoms with Gasteiger partial charge in [0.2, 0.25) is 5.91 Å². The number of aryl methyl sites for hydroxylation is 2. The maximum Gasteiger partial charge on any atom is 0.275 e. The summed E-state index contributed by atoms with van der Waals surface area (Å²) in [5.41, 5.74) is 0.433. The molecule has 25 heavy (non-hydrogen) atoms. The highest BCUT2D eigenvalue weighted by Crippen LogP contribution is 2.12. The molecular formula is C17H20N6O2. The van der Waals surface area contributed by atoms with E-state index in [9.17, 15) is 9.59 Å². The van der Waals surface area contributed by atoms with E-state index in [-0.39, 0.29) is 24.1 Å². The van der Waals surface area contributed by atoms with Crippen LogP contribution in [0.1, 0.15) is 31.4 Å². The predicted molar refractivity (Wildman–Crippen MR) is 93.0 cm³/mol. The number of aromatic nitrogens is 5. The Labute approximate surface area is 144 Å². The molecule has 1 N–H and O–H groups in total. The Morgan fingerprint density at radius 1 is 1.24 bits per heavy atom. The number of hydrogen-bond donors (Lipinski definition) is 1. The molecule has 130 valence electrons. The third-order valence-corrected chi connectivity index (χ3v) is 4.06. The summed E-state index contributed by atoms with van der Waals surface area (Å²) in [6.07, 6.45) is 1.46. The van der Waals surface area contributed by atoms with Crippen molar-refractivity contribution in [3.8, 4) is 0 Å². The average molecular weight is 340 g/mol. The van der Waals surface area contributed by atoms with Crippen LogP contribution in [-0.2, 0) is 17.9 Å². The minimum Gasteiger partial charge on any atom is -0.345 e. The Hall–Kier alpha value is -3.03. The molecule has 0 fully saturated rings. The van der Waals surface area contributed by atoms with Crippen LogP contribution in [0.3, 0.4) is 0 Å². The monoisotopic (exact) mass is 340 g/mol. The lowest BCUT2D eigenvalue weighted by Crippen LogP contribution is -2.36. The van der Waals surface area contributed by atoms with E-state index in [2.05, 4.69) is 20.5 Å². The van der Waals surface area contributed by atoms with Gasteiger partial charge in [-0.25, -0.2) is 14.3 Å². The van der Waals surface area contributed by atoms with E-state index in [1.165, 1.54) is 11.0 Å². The molecule has 3 aromatic rings. The number of rotatable bonds is 5. The van der Waals surface area contributed by atoms with Gasteiger partial charge in [-0.1, -0.05) is 18.2 Å². The Balaban J connectivity index is 1.81. The van der Waals surface area contributed by atoms with Gasteiger partial charge in [-0.05, 0) is 26.8 Å². The SMILES string of the molecule is CCn1ncnc1[C@H](C)NC(=O)Cn1nc(C)c2ccccc2c1=O. The summed E-state index contributed by atoms with van der Waals surface area (Å²) >= 11 is 0. The smallest absolute Gasteiger partial charge is 0.275 e. The van der Waals surface area contributed by atoms with Gasteiger partial charge >= 0.3 is 0 Å². The zero-order valence-electron chi connectivity index (χ0n) is 14.4. The van der Waals surface area contributed by atoms with Crippen molar-refractivity contribution in [3.63, 3.8) is 0 Å². The van der Waals surface area contributed by atoms with Crippen molar-refractivity contribution in [2.45, 2.75) is 39.9 Å². The lowest BCUT2D eigenvalue weighted by molar-refractivity contribution is -0.122. The van der Waals surface area contributed by atoms with Gasteiger partial charge < -0.3 is 5.32 Å². The van der Waals surface area contributed by atoms with Crippen molar-refractivity contribution in [3.05, 3.63) is 52.5 Å². The number of carbonyl (C=O) groups is 1. The summed E-state index contributed by atoms with van der Waals surface area (Å²) < 4.78 is 2.92. The Morgan fingerprint density at radius 2 is 1.96 bits per heavy atom. The molecule has 0 aliphatic carbocycles. The molecule has 0 aliphatic heterocycles. The first-order valence-electron chi connectivity index (χ1n) is 8.14. The molecule has 0 saturated carbocycles. The number of fused-ring (bicyclic) bond motifs is 1. The van der Waals surface area contributed by atoms with Crippen molar-refractivity contribution in [2.75, 3.05) is 0 Å². The number of nitrogens with one attached hydrogen (secondary N) is 1. The molecule has 0 radical (unpaired) electrons. The minimum absolute atomic E-state index is 0.144. The molecule has 0 aliphatic rings. The lowest BCUT2D eigenvalue weighted by Gasteiger charge is -2.14. The molecule has 0 bridgehead atoms. The first-order chi connectivity index (χ1) is 12.0. The average Bonchev–Trinajstić information content (AvgIpc) is 3.08. The first-order valence-corrected chi connectivity index (χ1v) is 8.14. The van der Waals surface area contributed by atoms with Crippen molar-refractivity contribution in [1.82, 2.24) is 29.9 Å². The van der Waals surface area contributed by atoms with Crippen molar-refractivity contribution in [1.29, 1.82) is 0 Å². The number of amides is 1. The summed E-state index contributed by atoms with van der Waals surface area (Å²) in [6.45, 7) is 6.13. The predicted octanol–water partition coefficient (Wildman–Crippen LogP) is 1.19. The summed E-state index contributed by atoms with van der Waals surface area (Å²) in [6, 6.07) is 6.94. The van der Waals surface area contributed by atoms with E-state index in [1.807, 2.05) is 32.9 Å². The fourth-order valence-electron chi connectivity index (χ4n) is 2.85. The first kappa shape index (κ1) is 16.8. The second-order valence-corrected chi connectivity index (χ2v) is 5.82. The molecule has 0 unspecified atom stereocenters. The molecule has 2 aromatic heterocycles. The molecule has 1 atom stereocenters. The van der Waals surface area contributed by atoms with Gasteiger partial charge in [0.1, 0.15) is 18.7 Å². The molecule has 1 aromatic carbocycles. The maximum absolute atomic E-state index is 12.5. The van der Waals surface area contributed by atoms with E-state index < -0.39 is 0 Å². The number of nitrogens with zero attached hydrogens (tertiary/aromatic N) is 5. The largest absolute Gasteiger partial charge is 0.345 e. The number of benzene rings is 1. The molecule has 3 rings (SSSR count). The van der Waals surface area contributed by atoms with Gasteiger partial charge in [0, 0.05) is 11.9 Å². The summed E-state index contributed by atoms with van der Waals surface area (Å²) in [5.74, 6) is 0.369. The van der Waals surface area contributed by atoms with Gasteiger partial charge in [-0.15, -0.1) is 0 Å². The fraction of sp³-hybridized carbons (Fsp3) is 0.353. The van der Waals surface area contributed by atoms with Crippen LogP contribution in [0.4, 0.5) is 0 Å². The number of carbonyl (C=O) groups excluding carboxylic acids is 1. The normalized spacial score (nSPS) is 12.3. The third-order valence-electron chi connectivity index (χ3n) is 4.06. The van der Waals surface area contributed by atoms with E-state index in [1.54, 1.807) is 16.8 Å². The highest BCUT2D eigenvalue weighted by atomic mass is 16.2. The summed E-state index contributed by atoms with van der Waals surface area (Å²) in [5, 5.41) is 12.5. The molecular weight excluding hydrogens is 320 g/mol.